The number of benzene rings is 1. The van der Waals surface area contributed by atoms with Crippen molar-refractivity contribution in [2.45, 2.75) is 40.0 Å². The van der Waals surface area contributed by atoms with Crippen LogP contribution in [0.25, 0.3) is 11.3 Å². The quantitative estimate of drug-likeness (QED) is 0.858. The predicted molar refractivity (Wildman–Crippen MR) is 85.0 cm³/mol. The van der Waals surface area contributed by atoms with E-state index in [1.54, 1.807) is 0 Å². The fourth-order valence-electron chi connectivity index (χ4n) is 2.25. The number of nitrogens with one attached hydrogen (secondary N) is 1. The molecule has 1 aromatic carbocycles. The monoisotopic (exact) mass is 269 g/mol. The Kier molecular flexibility index (Phi) is 5.10. The Morgan fingerprint density at radius 1 is 1.05 bits per heavy atom. The van der Waals surface area contributed by atoms with Crippen molar-refractivity contribution in [3.63, 3.8) is 0 Å². The van der Waals surface area contributed by atoms with Gasteiger partial charge >= 0.3 is 0 Å². The molecular weight excluding hydrogens is 246 g/mol. The molecule has 0 radical (unpaired) electrons. The van der Waals surface area contributed by atoms with Crippen LogP contribution < -0.4 is 5.32 Å². The van der Waals surface area contributed by atoms with Crippen molar-refractivity contribution in [3.05, 3.63) is 41.7 Å². The van der Waals surface area contributed by atoms with Gasteiger partial charge in [0.2, 0.25) is 0 Å². The lowest BCUT2D eigenvalue weighted by atomic mass is 10.0. The van der Waals surface area contributed by atoms with E-state index in [0.717, 1.165) is 43.1 Å². The molecule has 0 bridgehead atoms. The third kappa shape index (κ3) is 3.56. The lowest BCUT2D eigenvalue weighted by molar-refractivity contribution is 0.920. The van der Waals surface area contributed by atoms with Gasteiger partial charge in [-0.05, 0) is 25.0 Å². The summed E-state index contributed by atoms with van der Waals surface area (Å²) in [4.78, 5) is 9.16. The van der Waals surface area contributed by atoms with Crippen LogP contribution in [-0.2, 0) is 12.8 Å². The predicted octanol–water partition coefficient (Wildman–Crippen LogP) is 4.09. The second-order valence-corrected chi connectivity index (χ2v) is 4.89. The number of rotatable bonds is 6. The van der Waals surface area contributed by atoms with Gasteiger partial charge in [-0.25, -0.2) is 9.97 Å². The van der Waals surface area contributed by atoms with E-state index < -0.39 is 0 Å². The van der Waals surface area contributed by atoms with E-state index in [9.17, 15) is 0 Å². The first kappa shape index (κ1) is 14.5. The molecule has 3 heteroatoms. The molecule has 0 unspecified atom stereocenters. The van der Waals surface area contributed by atoms with Gasteiger partial charge in [0, 0.05) is 24.6 Å². The first-order chi connectivity index (χ1) is 9.76. The van der Waals surface area contributed by atoms with Gasteiger partial charge in [0.25, 0.3) is 0 Å². The summed E-state index contributed by atoms with van der Waals surface area (Å²) in [6.07, 6.45) is 3.12. The molecule has 0 spiro atoms. The Morgan fingerprint density at radius 2 is 1.90 bits per heavy atom. The SMILES string of the molecule is CCCc1cccc(-c2cc(NCC)nc(CC)n2)c1. The summed E-state index contributed by atoms with van der Waals surface area (Å²) in [5.41, 5.74) is 3.55. The largest absolute Gasteiger partial charge is 0.370 e. The van der Waals surface area contributed by atoms with E-state index in [1.165, 1.54) is 11.1 Å². The van der Waals surface area contributed by atoms with E-state index in [2.05, 4.69) is 60.3 Å². The molecule has 1 aromatic heterocycles. The average molecular weight is 269 g/mol. The first-order valence-corrected chi connectivity index (χ1v) is 7.48. The van der Waals surface area contributed by atoms with Crippen molar-refractivity contribution in [3.8, 4) is 11.3 Å². The number of nitrogens with zero attached hydrogens (tertiary/aromatic N) is 2. The van der Waals surface area contributed by atoms with Crippen molar-refractivity contribution in [1.29, 1.82) is 0 Å². The van der Waals surface area contributed by atoms with Crippen molar-refractivity contribution in [2.75, 3.05) is 11.9 Å². The van der Waals surface area contributed by atoms with Crippen molar-refractivity contribution in [2.24, 2.45) is 0 Å². The highest BCUT2D eigenvalue weighted by molar-refractivity contribution is 5.63. The Morgan fingerprint density at radius 3 is 2.60 bits per heavy atom. The van der Waals surface area contributed by atoms with Crippen LogP contribution in [0.15, 0.2) is 30.3 Å². The summed E-state index contributed by atoms with van der Waals surface area (Å²) in [5, 5.41) is 3.28. The van der Waals surface area contributed by atoms with Crippen LogP contribution in [0.3, 0.4) is 0 Å². The molecule has 0 aliphatic rings. The zero-order chi connectivity index (χ0) is 14.4. The topological polar surface area (TPSA) is 37.8 Å². The molecule has 20 heavy (non-hydrogen) atoms. The van der Waals surface area contributed by atoms with Crippen molar-refractivity contribution >= 4 is 5.82 Å². The van der Waals surface area contributed by atoms with Gasteiger partial charge < -0.3 is 5.32 Å². The second-order valence-electron chi connectivity index (χ2n) is 4.89. The maximum Gasteiger partial charge on any atom is 0.131 e. The van der Waals surface area contributed by atoms with E-state index in [4.69, 9.17) is 0 Å². The third-order valence-electron chi connectivity index (χ3n) is 3.21. The van der Waals surface area contributed by atoms with Crippen LogP contribution in [0, 0.1) is 0 Å². The van der Waals surface area contributed by atoms with E-state index in [1.807, 2.05) is 6.07 Å². The fraction of sp³-hybridized carbons (Fsp3) is 0.412. The molecule has 0 saturated carbocycles. The summed E-state index contributed by atoms with van der Waals surface area (Å²) in [6.45, 7) is 7.24. The van der Waals surface area contributed by atoms with Gasteiger partial charge in [-0.2, -0.15) is 0 Å². The van der Waals surface area contributed by atoms with Crippen LogP contribution in [0.2, 0.25) is 0 Å². The molecule has 2 aromatic rings. The molecule has 0 amide bonds. The zero-order valence-corrected chi connectivity index (χ0v) is 12.6. The van der Waals surface area contributed by atoms with Gasteiger partial charge in [0.05, 0.1) is 5.69 Å². The molecule has 106 valence electrons. The fourth-order valence-corrected chi connectivity index (χ4v) is 2.25. The summed E-state index contributed by atoms with van der Waals surface area (Å²) in [6, 6.07) is 10.7. The minimum absolute atomic E-state index is 0.848. The van der Waals surface area contributed by atoms with E-state index in [-0.39, 0.29) is 0 Å². The van der Waals surface area contributed by atoms with Gasteiger partial charge in [-0.1, -0.05) is 38.5 Å². The van der Waals surface area contributed by atoms with Crippen LogP contribution in [-0.4, -0.2) is 16.5 Å². The minimum Gasteiger partial charge on any atom is -0.370 e. The highest BCUT2D eigenvalue weighted by Gasteiger charge is 2.06. The molecule has 0 aliphatic carbocycles. The van der Waals surface area contributed by atoms with Crippen LogP contribution in [0.4, 0.5) is 5.82 Å². The Balaban J connectivity index is 2.39. The van der Waals surface area contributed by atoms with Crippen molar-refractivity contribution < 1.29 is 0 Å². The summed E-state index contributed by atoms with van der Waals surface area (Å²) in [5.74, 6) is 1.80. The Hall–Kier alpha value is -1.90. The third-order valence-corrected chi connectivity index (χ3v) is 3.21. The number of hydrogen-bond donors (Lipinski definition) is 1. The molecule has 0 fully saturated rings. The smallest absolute Gasteiger partial charge is 0.131 e. The Bertz CT molecular complexity index is 564. The highest BCUT2D eigenvalue weighted by atomic mass is 15.0. The maximum absolute atomic E-state index is 4.65. The molecule has 2 rings (SSSR count). The Labute approximate surface area is 121 Å². The van der Waals surface area contributed by atoms with Gasteiger partial charge in [-0.3, -0.25) is 0 Å². The lowest BCUT2D eigenvalue weighted by Gasteiger charge is -2.09. The van der Waals surface area contributed by atoms with Crippen LogP contribution in [0.1, 0.15) is 38.6 Å². The van der Waals surface area contributed by atoms with Crippen LogP contribution >= 0.6 is 0 Å². The number of aromatic nitrogens is 2. The van der Waals surface area contributed by atoms with Crippen molar-refractivity contribution in [1.82, 2.24) is 9.97 Å². The first-order valence-electron chi connectivity index (χ1n) is 7.48. The molecule has 0 saturated heterocycles. The second kappa shape index (κ2) is 7.04. The van der Waals surface area contributed by atoms with E-state index >= 15 is 0 Å². The van der Waals surface area contributed by atoms with Gasteiger partial charge in [-0.15, -0.1) is 0 Å². The molecule has 1 heterocycles. The summed E-state index contributed by atoms with van der Waals surface area (Å²) < 4.78 is 0. The van der Waals surface area contributed by atoms with Gasteiger partial charge in [0.15, 0.2) is 0 Å². The normalized spacial score (nSPS) is 10.6. The van der Waals surface area contributed by atoms with Gasteiger partial charge in [0.1, 0.15) is 11.6 Å². The molecular formula is C17H23N3. The number of anilines is 1. The molecule has 1 N–H and O–H groups in total. The number of hydrogen-bond acceptors (Lipinski definition) is 3. The standard InChI is InChI=1S/C17H23N3/c1-4-8-13-9-7-10-14(11-13)15-12-17(18-6-3)20-16(5-2)19-15/h7,9-12H,4-6,8H2,1-3H3,(H,18,19,20). The average Bonchev–Trinajstić information content (AvgIpc) is 2.48. The highest BCUT2D eigenvalue weighted by Crippen LogP contribution is 2.22. The molecule has 0 aliphatic heterocycles. The number of aryl methyl sites for hydroxylation is 2. The molecule has 3 nitrogen and oxygen atoms in total. The maximum atomic E-state index is 4.65. The summed E-state index contributed by atoms with van der Waals surface area (Å²) >= 11 is 0. The van der Waals surface area contributed by atoms with E-state index in [0.29, 0.717) is 0 Å². The van der Waals surface area contributed by atoms with Crippen LogP contribution in [0.5, 0.6) is 0 Å². The minimum atomic E-state index is 0.848. The zero-order valence-electron chi connectivity index (χ0n) is 12.6. The lowest BCUT2D eigenvalue weighted by Crippen LogP contribution is -2.04. The summed E-state index contributed by atoms with van der Waals surface area (Å²) in [7, 11) is 0. The molecule has 0 atom stereocenters.